The van der Waals surface area contributed by atoms with Crippen molar-refractivity contribution >= 4 is 0 Å². The van der Waals surface area contributed by atoms with Gasteiger partial charge >= 0.3 is 0 Å². The van der Waals surface area contributed by atoms with Crippen LogP contribution in [0, 0.1) is 40.9 Å². The summed E-state index contributed by atoms with van der Waals surface area (Å²) in [6, 6.07) is 0. The molecule has 0 heterocycles. The summed E-state index contributed by atoms with van der Waals surface area (Å²) in [6.07, 6.45) is 14.7. The van der Waals surface area contributed by atoms with Gasteiger partial charge < -0.3 is 10.2 Å². The number of rotatable bonds is 5. The fraction of sp³-hybridized carbons (Fsp3) is 0.933. The highest BCUT2D eigenvalue weighted by molar-refractivity contribution is 5.22. The van der Waals surface area contributed by atoms with E-state index in [9.17, 15) is 19.0 Å². The highest BCUT2D eigenvalue weighted by Gasteiger charge is 2.57. The zero-order valence-electron chi connectivity index (χ0n) is 21.8. The number of aliphatic hydroxyl groups is 2. The van der Waals surface area contributed by atoms with Crippen molar-refractivity contribution in [3.8, 4) is 0 Å². The van der Waals surface area contributed by atoms with E-state index in [0.29, 0.717) is 29.6 Å². The molecule has 4 heteroatoms. The van der Waals surface area contributed by atoms with Crippen LogP contribution in [0.1, 0.15) is 117 Å². The second kappa shape index (κ2) is 8.82. The van der Waals surface area contributed by atoms with Crippen LogP contribution in [0.3, 0.4) is 0 Å². The van der Waals surface area contributed by atoms with Crippen LogP contribution >= 0.6 is 0 Å². The summed E-state index contributed by atoms with van der Waals surface area (Å²) in [6.45, 7) is 7.06. The van der Waals surface area contributed by atoms with Gasteiger partial charge in [-0.3, -0.25) is 0 Å². The lowest BCUT2D eigenvalue weighted by molar-refractivity contribution is -0.109. The van der Waals surface area contributed by atoms with E-state index in [2.05, 4.69) is 26.8 Å². The number of allylic oxidation sites excluding steroid dienone is 1. The molecule has 0 aromatic carbocycles. The van der Waals surface area contributed by atoms with Gasteiger partial charge in [0.1, 0.15) is 0 Å². The predicted octanol–water partition coefficient (Wildman–Crippen LogP) is 7.67. The lowest BCUT2D eigenvalue weighted by atomic mass is 9.50. The fourth-order valence-electron chi connectivity index (χ4n) is 9.67. The number of halogens is 2. The van der Waals surface area contributed by atoms with E-state index >= 15 is 0 Å². The molecule has 0 spiro atoms. The predicted molar refractivity (Wildman–Crippen MR) is 133 cm³/mol. The summed E-state index contributed by atoms with van der Waals surface area (Å²) in [7, 11) is 0. The molecule has 5 rings (SSSR count). The molecule has 194 valence electrons. The Morgan fingerprint density at radius 3 is 2.38 bits per heavy atom. The van der Waals surface area contributed by atoms with Gasteiger partial charge in [0.2, 0.25) is 5.92 Å². The van der Waals surface area contributed by atoms with Crippen molar-refractivity contribution in [1.82, 2.24) is 0 Å². The first kappa shape index (κ1) is 25.2. The molecule has 34 heavy (non-hydrogen) atoms. The Morgan fingerprint density at radius 1 is 0.941 bits per heavy atom. The van der Waals surface area contributed by atoms with E-state index in [4.69, 9.17) is 0 Å². The lowest BCUT2D eigenvalue weighted by Gasteiger charge is -2.55. The molecule has 8 atom stereocenters. The molecule has 2 nitrogen and oxygen atoms in total. The Morgan fingerprint density at radius 2 is 1.68 bits per heavy atom. The van der Waals surface area contributed by atoms with Crippen LogP contribution in [0.5, 0.6) is 0 Å². The van der Waals surface area contributed by atoms with Crippen LogP contribution < -0.4 is 0 Å². The van der Waals surface area contributed by atoms with Crippen LogP contribution in [-0.4, -0.2) is 27.3 Å². The summed E-state index contributed by atoms with van der Waals surface area (Å²) in [5.41, 5.74) is 0.602. The van der Waals surface area contributed by atoms with Crippen LogP contribution in [0.2, 0.25) is 0 Å². The minimum Gasteiger partial charge on any atom is -0.390 e. The van der Waals surface area contributed by atoms with E-state index in [1.165, 1.54) is 32.1 Å². The molecule has 0 bridgehead atoms. The molecular formula is C30H48F2O2. The molecular weight excluding hydrogens is 430 g/mol. The molecule has 2 N–H and O–H groups in total. The molecule has 0 amide bonds. The van der Waals surface area contributed by atoms with Crippen molar-refractivity contribution in [2.24, 2.45) is 40.9 Å². The van der Waals surface area contributed by atoms with Gasteiger partial charge in [-0.05, 0) is 124 Å². The second-order valence-corrected chi connectivity index (χ2v) is 13.7. The first-order valence-corrected chi connectivity index (χ1v) is 14.5. The van der Waals surface area contributed by atoms with Crippen molar-refractivity contribution in [1.29, 1.82) is 0 Å². The third-order valence-electron chi connectivity index (χ3n) is 12.0. The summed E-state index contributed by atoms with van der Waals surface area (Å²) in [4.78, 5) is 0. The van der Waals surface area contributed by atoms with Gasteiger partial charge in [0.15, 0.2) is 0 Å². The zero-order valence-corrected chi connectivity index (χ0v) is 21.8. The average molecular weight is 479 g/mol. The highest BCUT2D eigenvalue weighted by Crippen LogP contribution is 2.65. The molecule has 5 aliphatic carbocycles. The van der Waals surface area contributed by atoms with Crippen molar-refractivity contribution in [2.45, 2.75) is 134 Å². The first-order chi connectivity index (χ1) is 16.0. The monoisotopic (exact) mass is 478 g/mol. The van der Waals surface area contributed by atoms with Crippen LogP contribution in [0.4, 0.5) is 8.78 Å². The quantitative estimate of drug-likeness (QED) is 0.398. The minimum absolute atomic E-state index is 0.156. The molecule has 0 saturated heterocycles. The van der Waals surface area contributed by atoms with Crippen LogP contribution in [0.15, 0.2) is 11.6 Å². The maximum Gasteiger partial charge on any atom is 0.248 e. The van der Waals surface area contributed by atoms with Crippen LogP contribution in [-0.2, 0) is 0 Å². The molecule has 4 saturated carbocycles. The van der Waals surface area contributed by atoms with E-state index < -0.39 is 17.1 Å². The Hall–Kier alpha value is -0.480. The van der Waals surface area contributed by atoms with E-state index in [1.54, 1.807) is 5.57 Å². The number of fused-ring (bicyclic) bond motifs is 5. The van der Waals surface area contributed by atoms with Gasteiger partial charge in [-0.15, -0.1) is 0 Å². The molecule has 0 aromatic rings. The molecule has 0 radical (unpaired) electrons. The van der Waals surface area contributed by atoms with E-state index in [-0.39, 0.29) is 25.7 Å². The third-order valence-corrected chi connectivity index (χ3v) is 12.0. The Bertz CT molecular complexity index is 783. The number of hydrogen-bond donors (Lipinski definition) is 2. The second-order valence-electron chi connectivity index (χ2n) is 13.7. The summed E-state index contributed by atoms with van der Waals surface area (Å²) in [5.74, 6) is 1.74. The Kier molecular flexibility index (Phi) is 6.53. The standard InChI is InChI=1S/C30H48F2O2/c1-4-28(33)14-11-22-21(19-28)5-6-24-23(22)10-12-27(3)25(7-8-26(24)27)20(2)9-13-29(34)15-17-30(31,32)18-16-29/h5,20,22-26,33-34H,4,6-19H2,1-3H3/t20-,22+,23-,24-,25-,26+,27-,28+/m1/s1. The van der Waals surface area contributed by atoms with E-state index in [0.717, 1.165) is 49.9 Å². The molecule has 4 fully saturated rings. The minimum atomic E-state index is -2.58. The number of hydrogen-bond acceptors (Lipinski definition) is 2. The van der Waals surface area contributed by atoms with Gasteiger partial charge in [-0.25, -0.2) is 8.78 Å². The maximum absolute atomic E-state index is 13.6. The van der Waals surface area contributed by atoms with Gasteiger partial charge in [-0.2, -0.15) is 0 Å². The Labute approximate surface area is 206 Å². The highest BCUT2D eigenvalue weighted by atomic mass is 19.3. The average Bonchev–Trinajstić information content (AvgIpc) is 3.17. The normalized spacial score (nSPS) is 46.1. The first-order valence-electron chi connectivity index (χ1n) is 14.5. The topological polar surface area (TPSA) is 40.5 Å². The van der Waals surface area contributed by atoms with Crippen molar-refractivity contribution in [3.63, 3.8) is 0 Å². The largest absolute Gasteiger partial charge is 0.390 e. The van der Waals surface area contributed by atoms with Crippen molar-refractivity contribution in [2.75, 3.05) is 0 Å². The third kappa shape index (κ3) is 4.42. The van der Waals surface area contributed by atoms with Gasteiger partial charge in [-0.1, -0.05) is 32.4 Å². The number of alkyl halides is 2. The van der Waals surface area contributed by atoms with Crippen molar-refractivity contribution in [3.05, 3.63) is 11.6 Å². The van der Waals surface area contributed by atoms with Gasteiger partial charge in [0.25, 0.3) is 0 Å². The molecule has 0 unspecified atom stereocenters. The summed E-state index contributed by atoms with van der Waals surface area (Å²) >= 11 is 0. The smallest absolute Gasteiger partial charge is 0.248 e. The maximum atomic E-state index is 13.6. The van der Waals surface area contributed by atoms with Gasteiger partial charge in [0.05, 0.1) is 11.2 Å². The zero-order chi connectivity index (χ0) is 24.4. The molecule has 0 aliphatic heterocycles. The molecule has 5 aliphatic rings. The fourth-order valence-corrected chi connectivity index (χ4v) is 9.67. The summed E-state index contributed by atoms with van der Waals surface area (Å²) < 4.78 is 27.2. The van der Waals surface area contributed by atoms with Crippen molar-refractivity contribution < 1.29 is 19.0 Å². The van der Waals surface area contributed by atoms with E-state index in [1.807, 2.05) is 0 Å². The summed E-state index contributed by atoms with van der Waals surface area (Å²) in [5, 5.41) is 21.8. The Balaban J connectivity index is 1.23. The molecule has 0 aromatic heterocycles. The van der Waals surface area contributed by atoms with Gasteiger partial charge in [0, 0.05) is 12.8 Å². The van der Waals surface area contributed by atoms with Crippen LogP contribution in [0.25, 0.3) is 0 Å². The SMILES string of the molecule is CC[C@]1(O)CC[C@H]2C(=CC[C@@H]3[C@@H]2CC[C@]2(C)[C@@H]([C@H](C)CCC4(O)CCC(F)(F)CC4)CC[C@@H]32)C1. The lowest BCUT2D eigenvalue weighted by Crippen LogP contribution is -2.48.